The molecule has 0 saturated carbocycles. The molecule has 9 N–H and O–H groups in total. The number of nitrogen functional groups attached to an aromatic ring is 1. The molecule has 0 radical (unpaired) electrons. The molecule has 1 aromatic heterocycles. The van der Waals surface area contributed by atoms with E-state index in [1.165, 1.54) is 24.3 Å². The van der Waals surface area contributed by atoms with E-state index in [0.717, 1.165) is 0 Å². The van der Waals surface area contributed by atoms with Crippen LogP contribution < -0.4 is 41.8 Å². The van der Waals surface area contributed by atoms with Crippen LogP contribution in [0.25, 0.3) is 0 Å². The Labute approximate surface area is 267 Å². The summed E-state index contributed by atoms with van der Waals surface area (Å²) in [4.78, 5) is 43.6. The molecule has 1 heterocycles. The second kappa shape index (κ2) is 18.1. The van der Waals surface area contributed by atoms with Crippen molar-refractivity contribution in [2.75, 3.05) is 46.3 Å². The van der Waals surface area contributed by atoms with E-state index in [1.54, 1.807) is 69.6 Å². The minimum atomic E-state index is -1.02. The number of pyridine rings is 1. The maximum atomic E-state index is 13.4. The van der Waals surface area contributed by atoms with Gasteiger partial charge in [-0.15, -0.1) is 0 Å². The minimum absolute atomic E-state index is 0.0324. The third-order valence-corrected chi connectivity index (χ3v) is 5.96. The molecule has 15 heteroatoms. The molecule has 0 bridgehead atoms. The highest BCUT2D eigenvalue weighted by atomic mass is 16.5. The van der Waals surface area contributed by atoms with Crippen LogP contribution in [0.5, 0.6) is 17.4 Å². The van der Waals surface area contributed by atoms with Crippen LogP contribution in [0, 0.1) is 5.41 Å². The number of methoxy groups -OCH3 is 1. The SMILES string of the molecule is C=C(O)CN.CCOc1cc(C(Nc2ccc(C(=N)N)cc2)C(=O)NNC(=O)c2cccnc2OC)ccc1OCC(=O)N(C)C. The van der Waals surface area contributed by atoms with Gasteiger partial charge in [0, 0.05) is 31.5 Å². The topological polar surface area (TPSA) is 227 Å². The number of nitrogens with one attached hydrogen (secondary N) is 4. The Morgan fingerprint density at radius 3 is 2.30 bits per heavy atom. The fourth-order valence-corrected chi connectivity index (χ4v) is 3.56. The van der Waals surface area contributed by atoms with Crippen molar-refractivity contribution in [3.05, 3.63) is 89.8 Å². The fourth-order valence-electron chi connectivity index (χ4n) is 3.56. The van der Waals surface area contributed by atoms with E-state index in [0.29, 0.717) is 34.9 Å². The molecule has 0 aliphatic rings. The summed E-state index contributed by atoms with van der Waals surface area (Å²) in [7, 11) is 4.63. The van der Waals surface area contributed by atoms with E-state index in [9.17, 15) is 14.4 Å². The Morgan fingerprint density at radius 1 is 1.07 bits per heavy atom. The number of hydrogen-bond donors (Lipinski definition) is 7. The Kier molecular flexibility index (Phi) is 14.3. The third-order valence-electron chi connectivity index (χ3n) is 5.96. The van der Waals surface area contributed by atoms with Crippen molar-refractivity contribution in [3.8, 4) is 17.4 Å². The molecule has 46 heavy (non-hydrogen) atoms. The van der Waals surface area contributed by atoms with Gasteiger partial charge in [-0.05, 0) is 61.0 Å². The predicted molar refractivity (Wildman–Crippen MR) is 173 cm³/mol. The number of likely N-dealkylation sites (N-methyl/N-ethyl adjacent to an activating group) is 1. The Balaban J connectivity index is 0.00000136. The monoisotopic (exact) mass is 636 g/mol. The highest BCUT2D eigenvalue weighted by Crippen LogP contribution is 2.32. The molecule has 3 rings (SSSR count). The number of carbonyl (C=O) groups excluding carboxylic acids is 3. The molecule has 2 aromatic carbocycles. The van der Waals surface area contributed by atoms with Crippen molar-refractivity contribution in [1.82, 2.24) is 20.7 Å². The van der Waals surface area contributed by atoms with Gasteiger partial charge in [0.2, 0.25) is 5.88 Å². The molecule has 1 unspecified atom stereocenters. The average Bonchev–Trinajstić information content (AvgIpc) is 3.05. The number of aromatic nitrogens is 1. The molecule has 3 aromatic rings. The molecular formula is C31H40N8O7. The lowest BCUT2D eigenvalue weighted by molar-refractivity contribution is -0.130. The second-order valence-electron chi connectivity index (χ2n) is 9.56. The highest BCUT2D eigenvalue weighted by molar-refractivity contribution is 5.98. The van der Waals surface area contributed by atoms with E-state index in [2.05, 4.69) is 27.7 Å². The number of amidine groups is 1. The minimum Gasteiger partial charge on any atom is -0.512 e. The van der Waals surface area contributed by atoms with Gasteiger partial charge in [0.05, 0.1) is 26.0 Å². The van der Waals surface area contributed by atoms with Crippen molar-refractivity contribution in [2.45, 2.75) is 13.0 Å². The number of aliphatic hydroxyl groups excluding tert-OH is 1. The van der Waals surface area contributed by atoms with Crippen LogP contribution in [-0.2, 0) is 9.59 Å². The van der Waals surface area contributed by atoms with Crippen LogP contribution in [0.15, 0.2) is 73.1 Å². The van der Waals surface area contributed by atoms with Crippen LogP contribution >= 0.6 is 0 Å². The standard InChI is InChI=1S/C28H33N7O6.C3H7NO/c1-5-40-22-15-18(10-13-21(22)41-16-23(36)35(2)3)24(32-19-11-8-17(9-12-19)25(29)30)27(38)34-33-26(37)20-7-6-14-31-28(20)39-4;1-3(5)2-4/h6-15,24,32H,5,16H2,1-4H3,(H3,29,30)(H,33,37)(H,34,38);5H,1-2,4H2. The van der Waals surface area contributed by atoms with Gasteiger partial charge < -0.3 is 41.0 Å². The van der Waals surface area contributed by atoms with Crippen molar-refractivity contribution < 1.29 is 33.7 Å². The molecule has 0 fully saturated rings. The van der Waals surface area contributed by atoms with E-state index in [1.807, 2.05) is 0 Å². The number of nitrogens with zero attached hydrogens (tertiary/aromatic N) is 2. The summed E-state index contributed by atoms with van der Waals surface area (Å²) in [5.41, 5.74) is 16.9. The Morgan fingerprint density at radius 2 is 1.74 bits per heavy atom. The number of ether oxygens (including phenoxy) is 3. The van der Waals surface area contributed by atoms with Crippen molar-refractivity contribution >= 4 is 29.2 Å². The molecule has 0 aliphatic heterocycles. The van der Waals surface area contributed by atoms with Crippen LogP contribution in [0.2, 0.25) is 0 Å². The first-order valence-corrected chi connectivity index (χ1v) is 13.9. The zero-order valence-corrected chi connectivity index (χ0v) is 26.1. The fraction of sp³-hybridized carbons (Fsp3) is 0.258. The molecule has 0 aliphatic carbocycles. The van der Waals surface area contributed by atoms with Crippen molar-refractivity contribution in [1.29, 1.82) is 5.41 Å². The summed E-state index contributed by atoms with van der Waals surface area (Å²) in [5, 5.41) is 18.8. The summed E-state index contributed by atoms with van der Waals surface area (Å²) in [5.74, 6) is -0.767. The average molecular weight is 637 g/mol. The number of carbonyl (C=O) groups is 3. The summed E-state index contributed by atoms with van der Waals surface area (Å²) < 4.78 is 16.5. The highest BCUT2D eigenvalue weighted by Gasteiger charge is 2.24. The number of rotatable bonds is 13. The first-order chi connectivity index (χ1) is 21.9. The van der Waals surface area contributed by atoms with Gasteiger partial charge in [0.15, 0.2) is 18.1 Å². The third kappa shape index (κ3) is 11.0. The lowest BCUT2D eigenvalue weighted by Gasteiger charge is -2.22. The summed E-state index contributed by atoms with van der Waals surface area (Å²) in [6.07, 6.45) is 1.48. The zero-order valence-electron chi connectivity index (χ0n) is 26.1. The lowest BCUT2D eigenvalue weighted by atomic mass is 10.0. The lowest BCUT2D eigenvalue weighted by Crippen LogP contribution is -2.45. The number of anilines is 1. The number of benzene rings is 2. The molecule has 1 atom stereocenters. The quantitative estimate of drug-likeness (QED) is 0.0620. The molecule has 3 amide bonds. The molecule has 246 valence electrons. The second-order valence-corrected chi connectivity index (χ2v) is 9.56. The molecule has 0 saturated heterocycles. The molecule has 0 spiro atoms. The van der Waals surface area contributed by atoms with Crippen molar-refractivity contribution in [3.63, 3.8) is 0 Å². The van der Waals surface area contributed by atoms with Crippen LogP contribution in [-0.4, -0.2) is 79.5 Å². The first kappa shape index (κ1) is 36.4. The van der Waals surface area contributed by atoms with E-state index in [4.69, 9.17) is 36.2 Å². The van der Waals surface area contributed by atoms with Crippen molar-refractivity contribution in [2.24, 2.45) is 11.5 Å². The number of nitrogens with two attached hydrogens (primary N) is 2. The van der Waals surface area contributed by atoms with Gasteiger partial charge in [-0.3, -0.25) is 30.6 Å². The summed E-state index contributed by atoms with van der Waals surface area (Å²) in [6, 6.07) is 13.5. The Hall–Kier alpha value is -5.83. The van der Waals surface area contributed by atoms with Gasteiger partial charge in [-0.1, -0.05) is 12.6 Å². The largest absolute Gasteiger partial charge is 0.512 e. The van der Waals surface area contributed by atoms with Gasteiger partial charge in [-0.2, -0.15) is 0 Å². The molecule has 15 nitrogen and oxygen atoms in total. The number of amides is 3. The van der Waals surface area contributed by atoms with Gasteiger partial charge in [-0.25, -0.2) is 4.98 Å². The van der Waals surface area contributed by atoms with E-state index >= 15 is 0 Å². The maximum absolute atomic E-state index is 13.4. The van der Waals surface area contributed by atoms with E-state index in [-0.39, 0.29) is 42.1 Å². The smallest absolute Gasteiger partial charge is 0.275 e. The molecular weight excluding hydrogens is 596 g/mol. The number of hydrogen-bond acceptors (Lipinski definition) is 11. The maximum Gasteiger partial charge on any atom is 0.275 e. The normalized spacial score (nSPS) is 10.6. The summed E-state index contributed by atoms with van der Waals surface area (Å²) in [6.45, 7) is 5.18. The van der Waals surface area contributed by atoms with E-state index < -0.39 is 17.9 Å². The van der Waals surface area contributed by atoms with Gasteiger partial charge in [0.25, 0.3) is 17.7 Å². The zero-order chi connectivity index (χ0) is 34.2. The summed E-state index contributed by atoms with van der Waals surface area (Å²) >= 11 is 0. The Bertz CT molecular complexity index is 1510. The van der Waals surface area contributed by atoms with Crippen LogP contribution in [0.3, 0.4) is 0 Å². The predicted octanol–water partition coefficient (Wildman–Crippen LogP) is 1.87. The number of aliphatic hydroxyl groups is 1. The van der Waals surface area contributed by atoms with Gasteiger partial charge >= 0.3 is 0 Å². The van der Waals surface area contributed by atoms with Crippen LogP contribution in [0.4, 0.5) is 5.69 Å². The van der Waals surface area contributed by atoms with Crippen LogP contribution in [0.1, 0.15) is 34.5 Å². The number of hydrazine groups is 1. The van der Waals surface area contributed by atoms with Gasteiger partial charge in [0.1, 0.15) is 17.4 Å². The first-order valence-electron chi connectivity index (χ1n) is 13.9.